The Bertz CT molecular complexity index is 501. The summed E-state index contributed by atoms with van der Waals surface area (Å²) in [5, 5.41) is 5.45. The van der Waals surface area contributed by atoms with Crippen LogP contribution < -0.4 is 0 Å². The molecule has 0 bridgehead atoms. The molecule has 0 spiro atoms. The molecule has 2 aromatic heterocycles. The van der Waals surface area contributed by atoms with E-state index in [2.05, 4.69) is 30.0 Å². The van der Waals surface area contributed by atoms with E-state index in [-0.39, 0.29) is 0 Å². The van der Waals surface area contributed by atoms with Gasteiger partial charge in [-0.05, 0) is 24.0 Å². The quantitative estimate of drug-likeness (QED) is 0.719. The smallest absolute Gasteiger partial charge is 0.181 e. The molecular formula is C15H23N3. The molecular weight excluding hydrogens is 222 g/mol. The van der Waals surface area contributed by atoms with Gasteiger partial charge in [0.1, 0.15) is 0 Å². The average Bonchev–Trinajstić information content (AvgIpc) is 2.73. The first-order chi connectivity index (χ1) is 8.70. The predicted molar refractivity (Wildman–Crippen MR) is 75.7 cm³/mol. The summed E-state index contributed by atoms with van der Waals surface area (Å²) in [6.07, 6.45) is 10.6. The molecule has 0 aliphatic heterocycles. The molecule has 0 saturated carbocycles. The molecule has 2 heterocycles. The van der Waals surface area contributed by atoms with E-state index in [0.717, 1.165) is 11.0 Å². The van der Waals surface area contributed by atoms with E-state index < -0.39 is 0 Å². The highest BCUT2D eigenvalue weighted by molar-refractivity contribution is 5.74. The first-order valence-corrected chi connectivity index (χ1v) is 7.00. The molecule has 3 heteroatoms. The molecule has 3 nitrogen and oxygen atoms in total. The zero-order valence-electron chi connectivity index (χ0n) is 11.7. The van der Waals surface area contributed by atoms with Gasteiger partial charge in [-0.15, -0.1) is 0 Å². The van der Waals surface area contributed by atoms with Gasteiger partial charge in [0.15, 0.2) is 5.65 Å². The minimum Gasteiger partial charge on any atom is -0.273 e. The van der Waals surface area contributed by atoms with Gasteiger partial charge in [0.25, 0.3) is 0 Å². The fourth-order valence-corrected chi connectivity index (χ4v) is 2.36. The third kappa shape index (κ3) is 3.09. The number of rotatable bonds is 6. The average molecular weight is 245 g/mol. The van der Waals surface area contributed by atoms with Gasteiger partial charge in [-0.1, -0.05) is 39.5 Å². The summed E-state index contributed by atoms with van der Waals surface area (Å²) in [6, 6.07) is 2.24. The predicted octanol–water partition coefficient (Wildman–Crippen LogP) is 4.04. The van der Waals surface area contributed by atoms with Crippen LogP contribution in [0.4, 0.5) is 0 Å². The Hall–Kier alpha value is -1.38. The third-order valence-corrected chi connectivity index (χ3v) is 3.55. The van der Waals surface area contributed by atoms with Crippen LogP contribution in [-0.2, 0) is 7.05 Å². The molecule has 98 valence electrons. The number of hydrogen-bond donors (Lipinski definition) is 0. The molecule has 2 rings (SSSR count). The lowest BCUT2D eigenvalue weighted by molar-refractivity contribution is 0.579. The molecule has 1 atom stereocenters. The summed E-state index contributed by atoms with van der Waals surface area (Å²) < 4.78 is 1.83. The van der Waals surface area contributed by atoms with Crippen LogP contribution >= 0.6 is 0 Å². The van der Waals surface area contributed by atoms with Crippen molar-refractivity contribution in [1.82, 2.24) is 14.8 Å². The van der Waals surface area contributed by atoms with Crippen LogP contribution in [0.2, 0.25) is 0 Å². The Balaban J connectivity index is 2.01. The second-order valence-corrected chi connectivity index (χ2v) is 5.23. The minimum atomic E-state index is 0.596. The first-order valence-electron chi connectivity index (χ1n) is 7.00. The van der Waals surface area contributed by atoms with Gasteiger partial charge in [0, 0.05) is 24.8 Å². The van der Waals surface area contributed by atoms with Gasteiger partial charge < -0.3 is 0 Å². The maximum atomic E-state index is 4.44. The molecule has 18 heavy (non-hydrogen) atoms. The van der Waals surface area contributed by atoms with Crippen molar-refractivity contribution < 1.29 is 0 Å². The lowest BCUT2D eigenvalue weighted by Crippen LogP contribution is -1.95. The van der Waals surface area contributed by atoms with Crippen LogP contribution in [0.25, 0.3) is 11.0 Å². The molecule has 0 saturated heterocycles. The van der Waals surface area contributed by atoms with E-state index >= 15 is 0 Å². The van der Waals surface area contributed by atoms with Crippen molar-refractivity contribution in [3.63, 3.8) is 0 Å². The summed E-state index contributed by atoms with van der Waals surface area (Å²) in [7, 11) is 1.94. The molecule has 1 unspecified atom stereocenters. The van der Waals surface area contributed by atoms with Gasteiger partial charge in [0.2, 0.25) is 0 Å². The van der Waals surface area contributed by atoms with Crippen LogP contribution in [0.5, 0.6) is 0 Å². The lowest BCUT2D eigenvalue weighted by Gasteiger charge is -2.10. The van der Waals surface area contributed by atoms with Crippen LogP contribution in [0.3, 0.4) is 0 Å². The maximum Gasteiger partial charge on any atom is 0.181 e. The van der Waals surface area contributed by atoms with Crippen molar-refractivity contribution in [3.05, 3.63) is 24.0 Å². The molecule has 0 radical (unpaired) electrons. The molecule has 0 N–H and O–H groups in total. The Morgan fingerprint density at radius 2 is 2.11 bits per heavy atom. The summed E-state index contributed by atoms with van der Waals surface area (Å²) in [5.74, 6) is 0.596. The first kappa shape index (κ1) is 13.1. The van der Waals surface area contributed by atoms with Crippen molar-refractivity contribution in [1.29, 1.82) is 0 Å². The van der Waals surface area contributed by atoms with Crippen molar-refractivity contribution in [2.45, 2.75) is 51.9 Å². The highest BCUT2D eigenvalue weighted by Crippen LogP contribution is 2.23. The second kappa shape index (κ2) is 5.98. The van der Waals surface area contributed by atoms with Crippen LogP contribution in [0, 0.1) is 0 Å². The van der Waals surface area contributed by atoms with Crippen LogP contribution in [-0.4, -0.2) is 14.8 Å². The Morgan fingerprint density at radius 1 is 1.28 bits per heavy atom. The molecule has 0 fully saturated rings. The normalized spacial score (nSPS) is 13.1. The van der Waals surface area contributed by atoms with Gasteiger partial charge in [-0.2, -0.15) is 5.10 Å². The summed E-state index contributed by atoms with van der Waals surface area (Å²) in [6.45, 7) is 4.55. The fraction of sp³-hybridized carbons (Fsp3) is 0.600. The second-order valence-electron chi connectivity index (χ2n) is 5.23. The zero-order valence-corrected chi connectivity index (χ0v) is 11.7. The highest BCUT2D eigenvalue weighted by Gasteiger charge is 2.08. The molecule has 2 aromatic rings. The Kier molecular flexibility index (Phi) is 4.34. The van der Waals surface area contributed by atoms with Crippen LogP contribution in [0.1, 0.15) is 57.4 Å². The van der Waals surface area contributed by atoms with E-state index in [1.807, 2.05) is 24.1 Å². The third-order valence-electron chi connectivity index (χ3n) is 3.55. The van der Waals surface area contributed by atoms with Crippen molar-refractivity contribution in [3.8, 4) is 0 Å². The van der Waals surface area contributed by atoms with E-state index in [9.17, 15) is 0 Å². The van der Waals surface area contributed by atoms with Crippen LogP contribution in [0.15, 0.2) is 18.5 Å². The van der Waals surface area contributed by atoms with Gasteiger partial charge in [-0.3, -0.25) is 4.68 Å². The lowest BCUT2D eigenvalue weighted by atomic mass is 9.96. The maximum absolute atomic E-state index is 4.44. The minimum absolute atomic E-state index is 0.596. The Labute approximate surface area is 109 Å². The number of fused-ring (bicyclic) bond motifs is 1. The molecule has 0 amide bonds. The van der Waals surface area contributed by atoms with Crippen molar-refractivity contribution >= 4 is 11.0 Å². The summed E-state index contributed by atoms with van der Waals surface area (Å²) >= 11 is 0. The number of aromatic nitrogens is 3. The van der Waals surface area contributed by atoms with Gasteiger partial charge >= 0.3 is 0 Å². The van der Waals surface area contributed by atoms with Gasteiger partial charge in [0.05, 0.1) is 0 Å². The number of nitrogens with zero attached hydrogens (tertiary/aromatic N) is 3. The monoisotopic (exact) mass is 245 g/mol. The highest BCUT2D eigenvalue weighted by atomic mass is 15.3. The number of aryl methyl sites for hydroxylation is 1. The largest absolute Gasteiger partial charge is 0.273 e. The van der Waals surface area contributed by atoms with Crippen molar-refractivity contribution in [2.24, 2.45) is 7.05 Å². The number of hydrogen-bond acceptors (Lipinski definition) is 2. The van der Waals surface area contributed by atoms with E-state index in [1.54, 1.807) is 0 Å². The molecule has 0 aliphatic carbocycles. The van der Waals surface area contributed by atoms with Crippen molar-refractivity contribution in [2.75, 3.05) is 0 Å². The number of unbranched alkanes of at least 4 members (excludes halogenated alkanes) is 3. The molecule has 0 aliphatic rings. The Morgan fingerprint density at radius 3 is 2.89 bits per heavy atom. The summed E-state index contributed by atoms with van der Waals surface area (Å²) in [5.41, 5.74) is 2.19. The van der Waals surface area contributed by atoms with Gasteiger partial charge in [-0.25, -0.2) is 4.98 Å². The molecule has 0 aromatic carbocycles. The summed E-state index contributed by atoms with van der Waals surface area (Å²) in [4.78, 5) is 4.44. The fourth-order valence-electron chi connectivity index (χ4n) is 2.36. The van der Waals surface area contributed by atoms with E-state index in [1.165, 1.54) is 37.7 Å². The standard InChI is InChI=1S/C15H23N3/c1-4-5-6-7-8-12(2)13-9-14-11-18(3)17-15(14)16-10-13/h9-12H,4-8H2,1-3H3. The topological polar surface area (TPSA) is 30.7 Å². The van der Waals surface area contributed by atoms with E-state index in [4.69, 9.17) is 0 Å². The zero-order chi connectivity index (χ0) is 13.0. The SMILES string of the molecule is CCCCCCC(C)c1cnc2nn(C)cc2c1. The van der Waals surface area contributed by atoms with E-state index in [0.29, 0.717) is 5.92 Å². The number of pyridine rings is 1.